The standard InChI is InChI=1S/C11H16N2O3S/c1-7(14)5-12-10(15)6-13-11(16)9-4-3-8(2)17-9/h3-4,7,14H,5-6H2,1-2H3,(H,12,15)(H,13,16). The lowest BCUT2D eigenvalue weighted by molar-refractivity contribution is -0.120. The van der Waals surface area contributed by atoms with Gasteiger partial charge in [-0.1, -0.05) is 0 Å². The van der Waals surface area contributed by atoms with Crippen molar-refractivity contribution in [1.29, 1.82) is 0 Å². The minimum absolute atomic E-state index is 0.0809. The number of aliphatic hydroxyl groups excluding tert-OH is 1. The minimum atomic E-state index is -0.588. The second-order valence-corrected chi connectivity index (χ2v) is 5.03. The van der Waals surface area contributed by atoms with Gasteiger partial charge in [-0.3, -0.25) is 9.59 Å². The Balaban J connectivity index is 2.31. The Kier molecular flexibility index (Phi) is 5.11. The number of aryl methyl sites for hydroxylation is 1. The highest BCUT2D eigenvalue weighted by Crippen LogP contribution is 2.14. The van der Waals surface area contributed by atoms with Gasteiger partial charge in [-0.05, 0) is 26.0 Å². The molecule has 6 heteroatoms. The average Bonchev–Trinajstić information content (AvgIpc) is 2.70. The van der Waals surface area contributed by atoms with E-state index in [-0.39, 0.29) is 24.9 Å². The highest BCUT2D eigenvalue weighted by Gasteiger charge is 2.09. The first kappa shape index (κ1) is 13.7. The van der Waals surface area contributed by atoms with Gasteiger partial charge in [-0.25, -0.2) is 0 Å². The summed E-state index contributed by atoms with van der Waals surface area (Å²) in [5.41, 5.74) is 0. The summed E-state index contributed by atoms with van der Waals surface area (Å²) < 4.78 is 0. The number of hydrogen-bond acceptors (Lipinski definition) is 4. The summed E-state index contributed by atoms with van der Waals surface area (Å²) in [6, 6.07) is 3.58. The van der Waals surface area contributed by atoms with Crippen molar-refractivity contribution >= 4 is 23.2 Å². The number of rotatable bonds is 5. The molecule has 1 rings (SSSR count). The van der Waals surface area contributed by atoms with Gasteiger partial charge in [0.2, 0.25) is 5.91 Å². The highest BCUT2D eigenvalue weighted by molar-refractivity contribution is 7.13. The van der Waals surface area contributed by atoms with Crippen LogP contribution in [0.25, 0.3) is 0 Å². The van der Waals surface area contributed by atoms with Crippen molar-refractivity contribution < 1.29 is 14.7 Å². The second-order valence-electron chi connectivity index (χ2n) is 3.75. The Bertz CT molecular complexity index is 401. The van der Waals surface area contributed by atoms with Crippen molar-refractivity contribution in [1.82, 2.24) is 10.6 Å². The molecule has 0 bridgehead atoms. The molecular formula is C11H16N2O3S. The van der Waals surface area contributed by atoms with Gasteiger partial charge in [-0.15, -0.1) is 11.3 Å². The van der Waals surface area contributed by atoms with Gasteiger partial charge in [0.1, 0.15) is 0 Å². The van der Waals surface area contributed by atoms with E-state index >= 15 is 0 Å². The van der Waals surface area contributed by atoms with Crippen LogP contribution in [0, 0.1) is 6.92 Å². The average molecular weight is 256 g/mol. The van der Waals surface area contributed by atoms with E-state index in [1.165, 1.54) is 11.3 Å². The first-order chi connectivity index (χ1) is 7.99. The SMILES string of the molecule is Cc1ccc(C(=O)NCC(=O)NCC(C)O)s1. The van der Waals surface area contributed by atoms with Crippen LogP contribution < -0.4 is 10.6 Å². The molecule has 2 amide bonds. The number of hydrogen-bond donors (Lipinski definition) is 3. The van der Waals surface area contributed by atoms with E-state index in [4.69, 9.17) is 5.11 Å². The number of amides is 2. The van der Waals surface area contributed by atoms with E-state index < -0.39 is 6.10 Å². The van der Waals surface area contributed by atoms with Crippen molar-refractivity contribution in [2.75, 3.05) is 13.1 Å². The molecule has 94 valence electrons. The third-order valence-electron chi connectivity index (χ3n) is 1.97. The molecule has 3 N–H and O–H groups in total. The van der Waals surface area contributed by atoms with Crippen LogP contribution in [0.2, 0.25) is 0 Å². The molecule has 0 aliphatic rings. The molecule has 17 heavy (non-hydrogen) atoms. The maximum absolute atomic E-state index is 11.6. The fourth-order valence-electron chi connectivity index (χ4n) is 1.13. The molecule has 1 aromatic heterocycles. The smallest absolute Gasteiger partial charge is 0.261 e. The van der Waals surface area contributed by atoms with Gasteiger partial charge in [0, 0.05) is 11.4 Å². The Labute approximate surface area is 104 Å². The van der Waals surface area contributed by atoms with Crippen LogP contribution >= 0.6 is 11.3 Å². The molecule has 0 aromatic carbocycles. The lowest BCUT2D eigenvalue weighted by atomic mass is 10.4. The van der Waals surface area contributed by atoms with E-state index in [2.05, 4.69) is 10.6 Å². The van der Waals surface area contributed by atoms with Crippen LogP contribution in [0.5, 0.6) is 0 Å². The van der Waals surface area contributed by atoms with Crippen molar-refractivity contribution in [3.8, 4) is 0 Å². The number of thiophene rings is 1. The molecule has 0 aliphatic heterocycles. The number of aliphatic hydroxyl groups is 1. The van der Waals surface area contributed by atoms with Crippen molar-refractivity contribution in [3.63, 3.8) is 0 Å². The molecule has 0 aliphatic carbocycles. The summed E-state index contributed by atoms with van der Waals surface area (Å²) in [6.45, 7) is 3.60. The fraction of sp³-hybridized carbons (Fsp3) is 0.455. The van der Waals surface area contributed by atoms with E-state index in [0.717, 1.165) is 4.88 Å². The monoisotopic (exact) mass is 256 g/mol. The maximum Gasteiger partial charge on any atom is 0.261 e. The van der Waals surface area contributed by atoms with Crippen LogP contribution in [0.4, 0.5) is 0 Å². The second kappa shape index (κ2) is 6.36. The topological polar surface area (TPSA) is 78.4 Å². The van der Waals surface area contributed by atoms with Crippen molar-refractivity contribution in [2.45, 2.75) is 20.0 Å². The molecule has 1 atom stereocenters. The first-order valence-corrected chi connectivity index (χ1v) is 6.10. The van der Waals surface area contributed by atoms with Gasteiger partial charge >= 0.3 is 0 Å². The molecule has 0 saturated heterocycles. The molecule has 0 saturated carbocycles. The number of nitrogens with one attached hydrogen (secondary N) is 2. The summed E-state index contributed by atoms with van der Waals surface area (Å²) in [5.74, 6) is -0.567. The zero-order valence-corrected chi connectivity index (χ0v) is 10.6. The summed E-state index contributed by atoms with van der Waals surface area (Å²) in [4.78, 5) is 24.5. The summed E-state index contributed by atoms with van der Waals surface area (Å²) in [7, 11) is 0. The molecule has 0 spiro atoms. The van der Waals surface area contributed by atoms with Crippen LogP contribution in [-0.4, -0.2) is 36.1 Å². The third kappa shape index (κ3) is 4.97. The number of carbonyl (C=O) groups is 2. The summed E-state index contributed by atoms with van der Waals surface area (Å²) in [5, 5.41) is 14.0. The molecule has 5 nitrogen and oxygen atoms in total. The maximum atomic E-state index is 11.6. The Morgan fingerprint density at radius 2 is 2.12 bits per heavy atom. The minimum Gasteiger partial charge on any atom is -0.392 e. The predicted octanol–water partition coefficient (Wildman–Crippen LogP) is 0.283. The highest BCUT2D eigenvalue weighted by atomic mass is 32.1. The van der Waals surface area contributed by atoms with Crippen LogP contribution in [0.3, 0.4) is 0 Å². The van der Waals surface area contributed by atoms with E-state index in [9.17, 15) is 9.59 Å². The Morgan fingerprint density at radius 3 is 2.65 bits per heavy atom. The lowest BCUT2D eigenvalue weighted by Crippen LogP contribution is -2.39. The summed E-state index contributed by atoms with van der Waals surface area (Å²) >= 11 is 1.38. The van der Waals surface area contributed by atoms with Crippen molar-refractivity contribution in [3.05, 3.63) is 21.9 Å². The van der Waals surface area contributed by atoms with Gasteiger partial charge in [0.05, 0.1) is 17.5 Å². The molecule has 1 heterocycles. The lowest BCUT2D eigenvalue weighted by Gasteiger charge is -2.07. The molecule has 1 unspecified atom stereocenters. The molecular weight excluding hydrogens is 240 g/mol. The fourth-order valence-corrected chi connectivity index (χ4v) is 1.91. The van der Waals surface area contributed by atoms with E-state index in [1.54, 1.807) is 13.0 Å². The molecule has 1 aromatic rings. The third-order valence-corrected chi connectivity index (χ3v) is 2.97. The van der Waals surface area contributed by atoms with Crippen molar-refractivity contribution in [2.24, 2.45) is 0 Å². The molecule has 0 radical (unpaired) electrons. The van der Waals surface area contributed by atoms with Crippen LogP contribution in [0.1, 0.15) is 21.5 Å². The van der Waals surface area contributed by atoms with Gasteiger partial charge < -0.3 is 15.7 Å². The predicted molar refractivity (Wildman–Crippen MR) is 66.1 cm³/mol. The Hall–Kier alpha value is -1.40. The van der Waals surface area contributed by atoms with Gasteiger partial charge in [0.15, 0.2) is 0 Å². The molecule has 0 fully saturated rings. The zero-order valence-electron chi connectivity index (χ0n) is 9.82. The van der Waals surface area contributed by atoms with Crippen LogP contribution in [0.15, 0.2) is 12.1 Å². The zero-order chi connectivity index (χ0) is 12.8. The van der Waals surface area contributed by atoms with E-state index in [1.807, 2.05) is 13.0 Å². The van der Waals surface area contributed by atoms with Gasteiger partial charge in [-0.2, -0.15) is 0 Å². The van der Waals surface area contributed by atoms with E-state index in [0.29, 0.717) is 4.88 Å². The number of carbonyl (C=O) groups excluding carboxylic acids is 2. The normalized spacial score (nSPS) is 11.9. The summed E-state index contributed by atoms with van der Waals surface area (Å²) in [6.07, 6.45) is -0.588. The largest absolute Gasteiger partial charge is 0.392 e. The Morgan fingerprint density at radius 1 is 1.41 bits per heavy atom. The first-order valence-electron chi connectivity index (χ1n) is 5.28. The van der Waals surface area contributed by atoms with Gasteiger partial charge in [0.25, 0.3) is 5.91 Å². The quantitative estimate of drug-likeness (QED) is 0.708. The van der Waals surface area contributed by atoms with Crippen LogP contribution in [-0.2, 0) is 4.79 Å².